The lowest BCUT2D eigenvalue weighted by atomic mass is 10.0. The molecule has 1 amide bonds. The van der Waals surface area contributed by atoms with Crippen LogP contribution in [0.3, 0.4) is 0 Å². The average molecular weight is 338 g/mol. The molecule has 0 radical (unpaired) electrons. The van der Waals surface area contributed by atoms with Crippen molar-refractivity contribution in [3.8, 4) is 0 Å². The quantitative estimate of drug-likeness (QED) is 0.821. The van der Waals surface area contributed by atoms with Crippen molar-refractivity contribution in [3.63, 3.8) is 0 Å². The molecule has 1 aliphatic heterocycles. The van der Waals surface area contributed by atoms with Crippen LogP contribution in [-0.2, 0) is 16.1 Å². The zero-order valence-electron chi connectivity index (χ0n) is 13.7. The molecule has 1 N–H and O–H groups in total. The standard InChI is InChI=1S/C20H19FN2O2/c21-17-9-6-16(7-10-17)12-18-13-19(25-23-18)14-22-20(24)11-8-15-4-2-1-3-5-15/h1-11,19H,12-14H2,(H,22,24). The lowest BCUT2D eigenvalue weighted by molar-refractivity contribution is -0.117. The largest absolute Gasteiger partial charge is 0.390 e. The van der Waals surface area contributed by atoms with Gasteiger partial charge in [-0.2, -0.15) is 0 Å². The first-order valence-corrected chi connectivity index (χ1v) is 8.16. The van der Waals surface area contributed by atoms with E-state index in [1.165, 1.54) is 18.2 Å². The molecule has 2 aromatic rings. The number of rotatable bonds is 6. The van der Waals surface area contributed by atoms with Crippen LogP contribution in [-0.4, -0.2) is 24.3 Å². The summed E-state index contributed by atoms with van der Waals surface area (Å²) in [5, 5.41) is 6.87. The van der Waals surface area contributed by atoms with Gasteiger partial charge in [0.2, 0.25) is 5.91 Å². The number of halogens is 1. The number of nitrogens with zero attached hydrogens (tertiary/aromatic N) is 1. The molecule has 0 bridgehead atoms. The summed E-state index contributed by atoms with van der Waals surface area (Å²) >= 11 is 0. The second kappa shape index (κ2) is 8.24. The minimum absolute atomic E-state index is 0.162. The van der Waals surface area contributed by atoms with Crippen molar-refractivity contribution in [2.24, 2.45) is 5.16 Å². The van der Waals surface area contributed by atoms with E-state index in [4.69, 9.17) is 4.84 Å². The van der Waals surface area contributed by atoms with Gasteiger partial charge < -0.3 is 10.2 Å². The van der Waals surface area contributed by atoms with E-state index in [1.54, 1.807) is 18.2 Å². The van der Waals surface area contributed by atoms with Crippen LogP contribution in [0, 0.1) is 5.82 Å². The number of amides is 1. The molecule has 5 heteroatoms. The van der Waals surface area contributed by atoms with Crippen LogP contribution in [0.1, 0.15) is 17.5 Å². The van der Waals surface area contributed by atoms with Gasteiger partial charge in [0.15, 0.2) is 0 Å². The predicted octanol–water partition coefficient (Wildman–Crippen LogP) is 3.34. The third-order valence-electron chi connectivity index (χ3n) is 3.85. The molecular formula is C20H19FN2O2. The molecule has 0 saturated carbocycles. The molecule has 1 heterocycles. The highest BCUT2D eigenvalue weighted by Crippen LogP contribution is 2.14. The fourth-order valence-corrected chi connectivity index (χ4v) is 2.55. The van der Waals surface area contributed by atoms with E-state index in [1.807, 2.05) is 30.3 Å². The van der Waals surface area contributed by atoms with Crippen LogP contribution in [0.2, 0.25) is 0 Å². The monoisotopic (exact) mass is 338 g/mol. The molecule has 1 atom stereocenters. The first kappa shape index (κ1) is 16.9. The second-order valence-electron chi connectivity index (χ2n) is 5.88. The topological polar surface area (TPSA) is 50.7 Å². The molecule has 0 aromatic heterocycles. The van der Waals surface area contributed by atoms with Crippen molar-refractivity contribution in [1.82, 2.24) is 5.32 Å². The number of nitrogens with one attached hydrogen (secondary N) is 1. The Morgan fingerprint density at radius 2 is 1.96 bits per heavy atom. The smallest absolute Gasteiger partial charge is 0.244 e. The zero-order chi connectivity index (χ0) is 17.5. The minimum atomic E-state index is -0.252. The maximum Gasteiger partial charge on any atom is 0.244 e. The van der Waals surface area contributed by atoms with Crippen LogP contribution in [0.25, 0.3) is 6.08 Å². The van der Waals surface area contributed by atoms with Gasteiger partial charge in [-0.05, 0) is 29.3 Å². The highest BCUT2D eigenvalue weighted by atomic mass is 19.1. The third-order valence-corrected chi connectivity index (χ3v) is 3.85. The molecule has 2 aromatic carbocycles. The summed E-state index contributed by atoms with van der Waals surface area (Å²) in [5.74, 6) is -0.419. The first-order chi connectivity index (χ1) is 12.2. The normalized spacial score (nSPS) is 16.5. The van der Waals surface area contributed by atoms with Gasteiger partial charge >= 0.3 is 0 Å². The van der Waals surface area contributed by atoms with Crippen LogP contribution in [0.4, 0.5) is 4.39 Å². The Kier molecular flexibility index (Phi) is 5.57. The van der Waals surface area contributed by atoms with E-state index in [0.717, 1.165) is 16.8 Å². The van der Waals surface area contributed by atoms with Crippen molar-refractivity contribution in [3.05, 3.63) is 77.6 Å². The number of hydrogen-bond donors (Lipinski definition) is 1. The van der Waals surface area contributed by atoms with E-state index in [2.05, 4.69) is 10.5 Å². The van der Waals surface area contributed by atoms with Gasteiger partial charge in [-0.3, -0.25) is 4.79 Å². The van der Waals surface area contributed by atoms with Crippen molar-refractivity contribution < 1.29 is 14.0 Å². The molecule has 4 nitrogen and oxygen atoms in total. The molecule has 0 saturated heterocycles. The summed E-state index contributed by atoms with van der Waals surface area (Å²) in [5.41, 5.74) is 2.85. The van der Waals surface area contributed by atoms with E-state index < -0.39 is 0 Å². The summed E-state index contributed by atoms with van der Waals surface area (Å²) in [7, 11) is 0. The number of hydrogen-bond acceptors (Lipinski definition) is 3. The molecule has 0 fully saturated rings. The predicted molar refractivity (Wildman–Crippen MR) is 95.5 cm³/mol. The number of benzene rings is 2. The summed E-state index contributed by atoms with van der Waals surface area (Å²) in [4.78, 5) is 17.2. The molecule has 0 spiro atoms. The van der Waals surface area contributed by atoms with Gasteiger partial charge in [-0.1, -0.05) is 47.6 Å². The maximum absolute atomic E-state index is 12.9. The summed E-state index contributed by atoms with van der Waals surface area (Å²) in [6, 6.07) is 16.0. The Labute approximate surface area is 146 Å². The Morgan fingerprint density at radius 1 is 1.20 bits per heavy atom. The van der Waals surface area contributed by atoms with Gasteiger partial charge in [0.1, 0.15) is 11.9 Å². The molecule has 1 aliphatic rings. The SMILES string of the molecule is O=C(C=Cc1ccccc1)NCC1CC(Cc2ccc(F)cc2)=NO1. The van der Waals surface area contributed by atoms with Crippen molar-refractivity contribution in [1.29, 1.82) is 0 Å². The van der Waals surface area contributed by atoms with Gasteiger partial charge in [0.25, 0.3) is 0 Å². The third kappa shape index (κ3) is 5.28. The van der Waals surface area contributed by atoms with E-state index in [-0.39, 0.29) is 17.8 Å². The zero-order valence-corrected chi connectivity index (χ0v) is 13.7. The van der Waals surface area contributed by atoms with Gasteiger partial charge in [-0.25, -0.2) is 4.39 Å². The number of oxime groups is 1. The summed E-state index contributed by atoms with van der Waals surface area (Å²) in [6.45, 7) is 0.397. The molecule has 3 rings (SSSR count). The Morgan fingerprint density at radius 3 is 2.72 bits per heavy atom. The Hall–Kier alpha value is -2.95. The fourth-order valence-electron chi connectivity index (χ4n) is 2.55. The highest BCUT2D eigenvalue weighted by Gasteiger charge is 2.21. The van der Waals surface area contributed by atoms with Crippen molar-refractivity contribution in [2.75, 3.05) is 6.54 Å². The maximum atomic E-state index is 12.9. The lowest BCUT2D eigenvalue weighted by Crippen LogP contribution is -2.31. The highest BCUT2D eigenvalue weighted by molar-refractivity contribution is 5.92. The Balaban J connectivity index is 1.41. The Bertz CT molecular complexity index is 770. The van der Waals surface area contributed by atoms with Crippen molar-refractivity contribution >= 4 is 17.7 Å². The molecule has 1 unspecified atom stereocenters. The van der Waals surface area contributed by atoms with Crippen LogP contribution in [0.5, 0.6) is 0 Å². The number of carbonyl (C=O) groups is 1. The second-order valence-corrected chi connectivity index (χ2v) is 5.88. The fraction of sp³-hybridized carbons (Fsp3) is 0.200. The van der Waals surface area contributed by atoms with Crippen LogP contribution < -0.4 is 5.32 Å². The van der Waals surface area contributed by atoms with Gasteiger partial charge in [0, 0.05) is 18.9 Å². The average Bonchev–Trinajstić information content (AvgIpc) is 3.08. The van der Waals surface area contributed by atoms with Crippen molar-refractivity contribution in [2.45, 2.75) is 18.9 Å². The van der Waals surface area contributed by atoms with Crippen LogP contribution >= 0.6 is 0 Å². The molecular weight excluding hydrogens is 319 g/mol. The minimum Gasteiger partial charge on any atom is -0.390 e. The summed E-state index contributed by atoms with van der Waals surface area (Å²) < 4.78 is 12.9. The molecule has 25 heavy (non-hydrogen) atoms. The van der Waals surface area contributed by atoms with Gasteiger partial charge in [-0.15, -0.1) is 0 Å². The van der Waals surface area contributed by atoms with E-state index >= 15 is 0 Å². The molecule has 128 valence electrons. The lowest BCUT2D eigenvalue weighted by Gasteiger charge is -2.08. The molecule has 0 aliphatic carbocycles. The number of carbonyl (C=O) groups excluding carboxylic acids is 1. The van der Waals surface area contributed by atoms with E-state index in [9.17, 15) is 9.18 Å². The first-order valence-electron chi connectivity index (χ1n) is 8.16. The van der Waals surface area contributed by atoms with E-state index in [0.29, 0.717) is 19.4 Å². The van der Waals surface area contributed by atoms with Gasteiger partial charge in [0.05, 0.1) is 12.3 Å². The summed E-state index contributed by atoms with van der Waals surface area (Å²) in [6.07, 6.45) is 4.38. The van der Waals surface area contributed by atoms with Crippen LogP contribution in [0.15, 0.2) is 65.8 Å².